The van der Waals surface area contributed by atoms with Crippen molar-refractivity contribution in [1.29, 1.82) is 0 Å². The summed E-state index contributed by atoms with van der Waals surface area (Å²) in [7, 11) is 0. The van der Waals surface area contributed by atoms with Crippen molar-refractivity contribution in [2.24, 2.45) is 5.73 Å². The van der Waals surface area contributed by atoms with Crippen LogP contribution < -0.4 is 5.73 Å². The van der Waals surface area contributed by atoms with Gasteiger partial charge in [-0.05, 0) is 19.1 Å². The topological polar surface area (TPSA) is 54.7 Å². The first-order chi connectivity index (χ1) is 7.20. The summed E-state index contributed by atoms with van der Waals surface area (Å²) >= 11 is 3.45. The molecule has 3 nitrogen and oxygen atoms in total. The SMILES string of the molecule is Cc1[nH]c(CN)nc1-c1cccc(Br)c1. The van der Waals surface area contributed by atoms with E-state index in [9.17, 15) is 0 Å². The quantitative estimate of drug-likeness (QED) is 0.877. The van der Waals surface area contributed by atoms with Crippen molar-refractivity contribution in [3.63, 3.8) is 0 Å². The second-order valence-corrected chi connectivity index (χ2v) is 4.29. The van der Waals surface area contributed by atoms with E-state index >= 15 is 0 Å². The largest absolute Gasteiger partial charge is 0.344 e. The number of hydrogen-bond donors (Lipinski definition) is 2. The van der Waals surface area contributed by atoms with E-state index in [2.05, 4.69) is 25.9 Å². The lowest BCUT2D eigenvalue weighted by Crippen LogP contribution is -1.97. The molecule has 0 aliphatic rings. The average Bonchev–Trinajstić information content (AvgIpc) is 2.60. The minimum absolute atomic E-state index is 0.439. The van der Waals surface area contributed by atoms with E-state index in [4.69, 9.17) is 5.73 Å². The monoisotopic (exact) mass is 265 g/mol. The maximum Gasteiger partial charge on any atom is 0.120 e. The van der Waals surface area contributed by atoms with Crippen LogP contribution in [0.3, 0.4) is 0 Å². The minimum atomic E-state index is 0.439. The van der Waals surface area contributed by atoms with Crippen LogP contribution in [0.25, 0.3) is 11.3 Å². The fourth-order valence-electron chi connectivity index (χ4n) is 1.54. The van der Waals surface area contributed by atoms with Gasteiger partial charge < -0.3 is 10.7 Å². The third-order valence-corrected chi connectivity index (χ3v) is 2.72. The van der Waals surface area contributed by atoms with Crippen molar-refractivity contribution in [2.75, 3.05) is 0 Å². The van der Waals surface area contributed by atoms with Crippen molar-refractivity contribution in [2.45, 2.75) is 13.5 Å². The van der Waals surface area contributed by atoms with Crippen LogP contribution in [0.2, 0.25) is 0 Å². The van der Waals surface area contributed by atoms with E-state index in [0.29, 0.717) is 6.54 Å². The van der Waals surface area contributed by atoms with E-state index in [-0.39, 0.29) is 0 Å². The fourth-order valence-corrected chi connectivity index (χ4v) is 1.94. The van der Waals surface area contributed by atoms with Gasteiger partial charge in [0.15, 0.2) is 0 Å². The molecule has 0 amide bonds. The summed E-state index contributed by atoms with van der Waals surface area (Å²) in [5.41, 5.74) is 8.65. The number of nitrogens with zero attached hydrogens (tertiary/aromatic N) is 1. The van der Waals surface area contributed by atoms with Gasteiger partial charge in [0.2, 0.25) is 0 Å². The van der Waals surface area contributed by atoms with E-state index < -0.39 is 0 Å². The number of benzene rings is 1. The molecule has 4 heteroatoms. The highest BCUT2D eigenvalue weighted by atomic mass is 79.9. The third kappa shape index (κ3) is 2.11. The van der Waals surface area contributed by atoms with E-state index in [1.807, 2.05) is 31.2 Å². The lowest BCUT2D eigenvalue weighted by atomic mass is 10.1. The van der Waals surface area contributed by atoms with Gasteiger partial charge in [-0.1, -0.05) is 28.1 Å². The number of aromatic amines is 1. The van der Waals surface area contributed by atoms with Crippen LogP contribution in [0.1, 0.15) is 11.5 Å². The Kier molecular flexibility index (Phi) is 2.88. The van der Waals surface area contributed by atoms with Gasteiger partial charge in [0, 0.05) is 15.7 Å². The molecule has 0 unspecified atom stereocenters. The Morgan fingerprint density at radius 3 is 2.87 bits per heavy atom. The summed E-state index contributed by atoms with van der Waals surface area (Å²) < 4.78 is 1.05. The summed E-state index contributed by atoms with van der Waals surface area (Å²) in [6.07, 6.45) is 0. The number of nitrogens with two attached hydrogens (primary N) is 1. The Labute approximate surface area is 96.9 Å². The van der Waals surface area contributed by atoms with Crippen LogP contribution in [0.15, 0.2) is 28.7 Å². The van der Waals surface area contributed by atoms with E-state index in [1.165, 1.54) is 0 Å². The first-order valence-corrected chi connectivity index (χ1v) is 5.51. The van der Waals surface area contributed by atoms with Crippen LogP contribution in [-0.2, 0) is 6.54 Å². The number of hydrogen-bond acceptors (Lipinski definition) is 2. The highest BCUT2D eigenvalue weighted by Crippen LogP contribution is 2.23. The fraction of sp³-hybridized carbons (Fsp3) is 0.182. The smallest absolute Gasteiger partial charge is 0.120 e. The molecule has 0 atom stereocenters. The molecule has 3 N–H and O–H groups in total. The van der Waals surface area contributed by atoms with E-state index in [0.717, 1.165) is 27.2 Å². The van der Waals surface area contributed by atoms with Crippen LogP contribution in [0.5, 0.6) is 0 Å². The standard InChI is InChI=1S/C11H12BrN3/c1-7-11(15-10(6-13)14-7)8-3-2-4-9(12)5-8/h2-5H,6,13H2,1H3,(H,14,15). The lowest BCUT2D eigenvalue weighted by Gasteiger charge is -1.98. The first kappa shape index (κ1) is 10.4. The van der Waals surface area contributed by atoms with Crippen molar-refractivity contribution < 1.29 is 0 Å². The van der Waals surface area contributed by atoms with Crippen molar-refractivity contribution in [1.82, 2.24) is 9.97 Å². The molecule has 0 spiro atoms. The van der Waals surface area contributed by atoms with E-state index in [1.54, 1.807) is 0 Å². The second kappa shape index (κ2) is 4.16. The van der Waals surface area contributed by atoms with Gasteiger partial charge in [0.25, 0.3) is 0 Å². The Morgan fingerprint density at radius 2 is 2.27 bits per heavy atom. The zero-order valence-electron chi connectivity index (χ0n) is 8.42. The molecule has 2 aromatic rings. The first-order valence-electron chi connectivity index (χ1n) is 4.72. The predicted octanol–water partition coefficient (Wildman–Crippen LogP) is 2.61. The summed E-state index contributed by atoms with van der Waals surface area (Å²) in [5, 5.41) is 0. The molecular formula is C11H12BrN3. The molecule has 2 rings (SSSR count). The highest BCUT2D eigenvalue weighted by Gasteiger charge is 2.07. The van der Waals surface area contributed by atoms with Crippen LogP contribution in [0, 0.1) is 6.92 Å². The maximum absolute atomic E-state index is 5.54. The molecule has 1 aromatic heterocycles. The van der Waals surface area contributed by atoms with Gasteiger partial charge in [-0.15, -0.1) is 0 Å². The normalized spacial score (nSPS) is 10.6. The Hall–Kier alpha value is -1.13. The summed E-state index contributed by atoms with van der Waals surface area (Å²) in [4.78, 5) is 7.60. The van der Waals surface area contributed by atoms with Gasteiger partial charge in [-0.25, -0.2) is 4.98 Å². The summed E-state index contributed by atoms with van der Waals surface area (Å²) in [6, 6.07) is 8.07. The van der Waals surface area contributed by atoms with Crippen molar-refractivity contribution in [3.05, 3.63) is 40.3 Å². The minimum Gasteiger partial charge on any atom is -0.344 e. The number of halogens is 1. The Bertz CT molecular complexity index is 476. The average molecular weight is 266 g/mol. The molecule has 0 bridgehead atoms. The molecule has 1 aromatic carbocycles. The number of H-pyrrole nitrogens is 1. The zero-order valence-corrected chi connectivity index (χ0v) is 10.0. The van der Waals surface area contributed by atoms with Crippen LogP contribution in [-0.4, -0.2) is 9.97 Å². The number of aryl methyl sites for hydroxylation is 1. The number of nitrogens with one attached hydrogen (secondary N) is 1. The maximum atomic E-state index is 5.54. The van der Waals surface area contributed by atoms with Crippen molar-refractivity contribution >= 4 is 15.9 Å². The molecule has 15 heavy (non-hydrogen) atoms. The number of rotatable bonds is 2. The second-order valence-electron chi connectivity index (χ2n) is 3.37. The zero-order chi connectivity index (χ0) is 10.8. The van der Waals surface area contributed by atoms with Crippen molar-refractivity contribution in [3.8, 4) is 11.3 Å². The van der Waals surface area contributed by atoms with Gasteiger partial charge in [-0.3, -0.25) is 0 Å². The van der Waals surface area contributed by atoms with Gasteiger partial charge in [0.1, 0.15) is 5.82 Å². The summed E-state index contributed by atoms with van der Waals surface area (Å²) in [5.74, 6) is 0.822. The van der Waals surface area contributed by atoms with Gasteiger partial charge in [-0.2, -0.15) is 0 Å². The summed E-state index contributed by atoms with van der Waals surface area (Å²) in [6.45, 7) is 2.44. The highest BCUT2D eigenvalue weighted by molar-refractivity contribution is 9.10. The molecule has 0 aliphatic carbocycles. The van der Waals surface area contributed by atoms with Gasteiger partial charge >= 0.3 is 0 Å². The molecule has 0 fully saturated rings. The lowest BCUT2D eigenvalue weighted by molar-refractivity contribution is 0.944. The Morgan fingerprint density at radius 1 is 1.47 bits per heavy atom. The Balaban J connectivity index is 2.48. The van der Waals surface area contributed by atoms with Crippen LogP contribution >= 0.6 is 15.9 Å². The molecule has 1 heterocycles. The molecule has 0 saturated heterocycles. The van der Waals surface area contributed by atoms with Crippen LogP contribution in [0.4, 0.5) is 0 Å². The molecule has 78 valence electrons. The number of imidazole rings is 1. The molecular weight excluding hydrogens is 254 g/mol. The predicted molar refractivity (Wildman–Crippen MR) is 64.4 cm³/mol. The molecule has 0 aliphatic heterocycles. The molecule has 0 saturated carbocycles. The molecule has 0 radical (unpaired) electrons. The third-order valence-electron chi connectivity index (χ3n) is 2.23. The number of aromatic nitrogens is 2. The van der Waals surface area contributed by atoms with Gasteiger partial charge in [0.05, 0.1) is 12.2 Å².